The van der Waals surface area contributed by atoms with Crippen LogP contribution in [0.3, 0.4) is 0 Å². The standard InChI is InChI=1S/C20H23ClN2O4/c1-25-17-4-3-5-18(26-2)19(17)20(24)22-15-7-6-14(16(21)12-15)13-23-8-10-27-11-9-23/h3-7,12H,8-11,13H2,1-2H3,(H,22,24). The van der Waals surface area contributed by atoms with E-state index < -0.39 is 0 Å². The average Bonchev–Trinajstić information content (AvgIpc) is 2.70. The molecule has 1 saturated heterocycles. The molecule has 7 heteroatoms. The largest absolute Gasteiger partial charge is 0.496 e. The summed E-state index contributed by atoms with van der Waals surface area (Å²) in [7, 11) is 3.03. The SMILES string of the molecule is COc1cccc(OC)c1C(=O)Nc1ccc(CN2CCOCC2)c(Cl)c1. The van der Waals surface area contributed by atoms with Gasteiger partial charge in [0.1, 0.15) is 17.1 Å². The second-order valence-corrected chi connectivity index (χ2v) is 6.59. The van der Waals surface area contributed by atoms with E-state index in [0.717, 1.165) is 38.4 Å². The number of hydrogen-bond acceptors (Lipinski definition) is 5. The number of benzene rings is 2. The maximum atomic E-state index is 12.8. The van der Waals surface area contributed by atoms with Crippen molar-refractivity contribution in [2.24, 2.45) is 0 Å². The quantitative estimate of drug-likeness (QED) is 0.818. The number of hydrogen-bond donors (Lipinski definition) is 1. The van der Waals surface area contributed by atoms with Crippen molar-refractivity contribution in [2.45, 2.75) is 6.54 Å². The van der Waals surface area contributed by atoms with Crippen LogP contribution in [0.25, 0.3) is 0 Å². The highest BCUT2D eigenvalue weighted by Gasteiger charge is 2.19. The molecule has 1 aliphatic rings. The van der Waals surface area contributed by atoms with Crippen molar-refractivity contribution in [1.82, 2.24) is 4.90 Å². The van der Waals surface area contributed by atoms with Gasteiger partial charge in [0, 0.05) is 30.3 Å². The minimum atomic E-state index is -0.318. The van der Waals surface area contributed by atoms with Crippen molar-refractivity contribution < 1.29 is 19.0 Å². The molecule has 0 bridgehead atoms. The number of methoxy groups -OCH3 is 2. The first-order valence-corrected chi connectivity index (χ1v) is 9.11. The first-order chi connectivity index (χ1) is 13.1. The summed E-state index contributed by atoms with van der Waals surface area (Å²) in [6.07, 6.45) is 0. The van der Waals surface area contributed by atoms with Crippen molar-refractivity contribution in [3.63, 3.8) is 0 Å². The van der Waals surface area contributed by atoms with Gasteiger partial charge in [-0.05, 0) is 29.8 Å². The van der Waals surface area contributed by atoms with E-state index in [9.17, 15) is 4.79 Å². The summed E-state index contributed by atoms with van der Waals surface area (Å²) < 4.78 is 16.0. The fourth-order valence-corrected chi connectivity index (χ4v) is 3.26. The van der Waals surface area contributed by atoms with Crippen LogP contribution in [0.1, 0.15) is 15.9 Å². The first kappa shape index (κ1) is 19.5. The molecule has 2 aromatic rings. The Kier molecular flexibility index (Phi) is 6.55. The molecule has 0 saturated carbocycles. The van der Waals surface area contributed by atoms with Gasteiger partial charge in [-0.15, -0.1) is 0 Å². The lowest BCUT2D eigenvalue weighted by Crippen LogP contribution is -2.35. The number of rotatable bonds is 6. The molecule has 1 fully saturated rings. The molecule has 144 valence electrons. The number of anilines is 1. The van der Waals surface area contributed by atoms with Crippen LogP contribution in [0.15, 0.2) is 36.4 Å². The molecule has 1 aliphatic heterocycles. The van der Waals surface area contributed by atoms with Crippen LogP contribution in [0.2, 0.25) is 5.02 Å². The molecule has 6 nitrogen and oxygen atoms in total. The van der Waals surface area contributed by atoms with E-state index in [0.29, 0.717) is 27.8 Å². The van der Waals surface area contributed by atoms with Crippen LogP contribution in [0.4, 0.5) is 5.69 Å². The van der Waals surface area contributed by atoms with Gasteiger partial charge in [-0.1, -0.05) is 23.7 Å². The number of carbonyl (C=O) groups excluding carboxylic acids is 1. The maximum Gasteiger partial charge on any atom is 0.263 e. The molecule has 0 unspecified atom stereocenters. The molecule has 0 atom stereocenters. The van der Waals surface area contributed by atoms with Gasteiger partial charge in [0.25, 0.3) is 5.91 Å². The minimum Gasteiger partial charge on any atom is -0.496 e. The fourth-order valence-electron chi connectivity index (χ4n) is 3.02. The summed E-state index contributed by atoms with van der Waals surface area (Å²) in [6.45, 7) is 4.03. The van der Waals surface area contributed by atoms with Crippen LogP contribution in [-0.4, -0.2) is 51.3 Å². The van der Waals surface area contributed by atoms with E-state index in [2.05, 4.69) is 10.2 Å². The zero-order valence-electron chi connectivity index (χ0n) is 15.5. The summed E-state index contributed by atoms with van der Waals surface area (Å²) in [4.78, 5) is 15.0. The highest BCUT2D eigenvalue weighted by molar-refractivity contribution is 6.31. The van der Waals surface area contributed by atoms with Gasteiger partial charge < -0.3 is 19.5 Å². The van der Waals surface area contributed by atoms with E-state index >= 15 is 0 Å². The molecule has 2 aromatic carbocycles. The van der Waals surface area contributed by atoms with E-state index in [4.69, 9.17) is 25.8 Å². The predicted molar refractivity (Wildman–Crippen MR) is 105 cm³/mol. The summed E-state index contributed by atoms with van der Waals surface area (Å²) >= 11 is 6.44. The van der Waals surface area contributed by atoms with Gasteiger partial charge in [0.15, 0.2) is 0 Å². The van der Waals surface area contributed by atoms with Gasteiger partial charge in [-0.3, -0.25) is 9.69 Å². The monoisotopic (exact) mass is 390 g/mol. The molecule has 0 aliphatic carbocycles. The molecule has 3 rings (SSSR count). The van der Waals surface area contributed by atoms with Crippen molar-refractivity contribution in [1.29, 1.82) is 0 Å². The summed E-state index contributed by atoms with van der Waals surface area (Å²) in [5.41, 5.74) is 1.98. The van der Waals surface area contributed by atoms with Gasteiger partial charge in [-0.2, -0.15) is 0 Å². The Labute approximate surface area is 164 Å². The van der Waals surface area contributed by atoms with Crippen LogP contribution in [-0.2, 0) is 11.3 Å². The summed E-state index contributed by atoms with van der Waals surface area (Å²) in [6, 6.07) is 10.8. The van der Waals surface area contributed by atoms with Gasteiger partial charge in [0.05, 0.1) is 27.4 Å². The lowest BCUT2D eigenvalue weighted by atomic mass is 10.1. The Hall–Kier alpha value is -2.28. The Morgan fingerprint density at radius 2 is 1.81 bits per heavy atom. The topological polar surface area (TPSA) is 60.0 Å². The van der Waals surface area contributed by atoms with Crippen molar-refractivity contribution in [2.75, 3.05) is 45.8 Å². The Bertz CT molecular complexity index is 784. The van der Waals surface area contributed by atoms with E-state index in [1.807, 2.05) is 12.1 Å². The molecular formula is C20H23ClN2O4. The van der Waals surface area contributed by atoms with Crippen molar-refractivity contribution >= 4 is 23.2 Å². The van der Waals surface area contributed by atoms with Crippen LogP contribution < -0.4 is 14.8 Å². The molecule has 27 heavy (non-hydrogen) atoms. The number of amides is 1. The Morgan fingerprint density at radius 1 is 1.15 bits per heavy atom. The number of halogens is 1. The van der Waals surface area contributed by atoms with Crippen LogP contribution in [0, 0.1) is 0 Å². The number of nitrogens with one attached hydrogen (secondary N) is 1. The highest BCUT2D eigenvalue weighted by Crippen LogP contribution is 2.30. The molecule has 1 heterocycles. The molecule has 0 spiro atoms. The maximum absolute atomic E-state index is 12.8. The van der Waals surface area contributed by atoms with E-state index in [1.54, 1.807) is 24.3 Å². The van der Waals surface area contributed by atoms with E-state index in [-0.39, 0.29) is 5.91 Å². The van der Waals surface area contributed by atoms with Crippen LogP contribution >= 0.6 is 11.6 Å². The third kappa shape index (κ3) is 4.71. The molecule has 0 radical (unpaired) electrons. The van der Waals surface area contributed by atoms with Gasteiger partial charge in [0.2, 0.25) is 0 Å². The smallest absolute Gasteiger partial charge is 0.263 e. The lowest BCUT2D eigenvalue weighted by Gasteiger charge is -2.27. The van der Waals surface area contributed by atoms with E-state index in [1.165, 1.54) is 14.2 Å². The second-order valence-electron chi connectivity index (χ2n) is 6.19. The minimum absolute atomic E-state index is 0.318. The highest BCUT2D eigenvalue weighted by atomic mass is 35.5. The normalized spacial score (nSPS) is 14.6. The summed E-state index contributed by atoms with van der Waals surface area (Å²) in [5.74, 6) is 0.574. The molecule has 1 amide bonds. The third-order valence-corrected chi connectivity index (χ3v) is 4.82. The predicted octanol–water partition coefficient (Wildman–Crippen LogP) is 3.44. The van der Waals surface area contributed by atoms with Gasteiger partial charge >= 0.3 is 0 Å². The van der Waals surface area contributed by atoms with Gasteiger partial charge in [-0.25, -0.2) is 0 Å². The first-order valence-electron chi connectivity index (χ1n) is 8.73. The third-order valence-electron chi connectivity index (χ3n) is 4.46. The number of nitrogens with zero attached hydrogens (tertiary/aromatic N) is 1. The zero-order chi connectivity index (χ0) is 19.2. The number of morpholine rings is 1. The molecule has 1 N–H and O–H groups in total. The average molecular weight is 391 g/mol. The fraction of sp³-hybridized carbons (Fsp3) is 0.350. The van der Waals surface area contributed by atoms with Crippen LogP contribution in [0.5, 0.6) is 11.5 Å². The Balaban J connectivity index is 1.74. The lowest BCUT2D eigenvalue weighted by molar-refractivity contribution is 0.0342. The second kappa shape index (κ2) is 9.08. The summed E-state index contributed by atoms with van der Waals surface area (Å²) in [5, 5.41) is 3.48. The number of ether oxygens (including phenoxy) is 3. The number of carbonyl (C=O) groups is 1. The van der Waals surface area contributed by atoms with Crippen molar-refractivity contribution in [3.8, 4) is 11.5 Å². The molecule has 0 aromatic heterocycles. The van der Waals surface area contributed by atoms with Crippen molar-refractivity contribution in [3.05, 3.63) is 52.5 Å². The molecular weight excluding hydrogens is 368 g/mol. The zero-order valence-corrected chi connectivity index (χ0v) is 16.2. The Morgan fingerprint density at radius 3 is 2.41 bits per heavy atom.